The number of benzene rings is 1. The van der Waals surface area contributed by atoms with Gasteiger partial charge in [0.15, 0.2) is 0 Å². The average molecular weight is 459 g/mol. The molecule has 4 rings (SSSR count). The second-order valence-corrected chi connectivity index (χ2v) is 9.18. The third-order valence-electron chi connectivity index (χ3n) is 4.51. The van der Waals surface area contributed by atoms with E-state index in [-0.39, 0.29) is 10.8 Å². The molecule has 0 saturated carbocycles. The Morgan fingerprint density at radius 1 is 1.10 bits per heavy atom. The first-order valence-corrected chi connectivity index (χ1v) is 11.3. The fraction of sp³-hybridized carbons (Fsp3) is 0.150. The van der Waals surface area contributed by atoms with E-state index in [1.807, 2.05) is 0 Å². The minimum absolute atomic E-state index is 0.0585. The molecule has 3 aromatic heterocycles. The number of anilines is 1. The van der Waals surface area contributed by atoms with E-state index in [1.165, 1.54) is 38.7 Å². The van der Waals surface area contributed by atoms with E-state index in [4.69, 9.17) is 14.0 Å². The third-order valence-corrected chi connectivity index (χ3v) is 7.37. The van der Waals surface area contributed by atoms with Gasteiger partial charge in [0.25, 0.3) is 15.9 Å². The molecule has 4 aromatic rings. The predicted octanol–water partition coefficient (Wildman–Crippen LogP) is 3.70. The molecule has 0 unspecified atom stereocenters. The fourth-order valence-corrected chi connectivity index (χ4v) is 5.34. The molecule has 0 atom stereocenters. The van der Waals surface area contributed by atoms with Crippen molar-refractivity contribution in [1.82, 2.24) is 15.1 Å². The molecule has 0 amide bonds. The summed E-state index contributed by atoms with van der Waals surface area (Å²) in [5.74, 6) is 1.38. The molecule has 3 heterocycles. The van der Waals surface area contributed by atoms with Gasteiger partial charge in [-0.3, -0.25) is 9.29 Å². The van der Waals surface area contributed by atoms with E-state index < -0.39 is 10.0 Å². The fourth-order valence-electron chi connectivity index (χ4n) is 2.85. The van der Waals surface area contributed by atoms with Crippen LogP contribution in [0.2, 0.25) is 0 Å². The summed E-state index contributed by atoms with van der Waals surface area (Å²) < 4.78 is 43.8. The van der Waals surface area contributed by atoms with Crippen LogP contribution in [0.25, 0.3) is 22.2 Å². The van der Waals surface area contributed by atoms with Gasteiger partial charge in [-0.15, -0.1) is 11.3 Å². The highest BCUT2D eigenvalue weighted by Crippen LogP contribution is 2.37. The Morgan fingerprint density at radius 3 is 2.48 bits per heavy atom. The van der Waals surface area contributed by atoms with Gasteiger partial charge in [-0.05, 0) is 23.6 Å². The van der Waals surface area contributed by atoms with Gasteiger partial charge in [0, 0.05) is 43.2 Å². The van der Waals surface area contributed by atoms with Crippen LogP contribution in [-0.4, -0.2) is 44.8 Å². The normalized spacial score (nSPS) is 11.3. The molecule has 0 fully saturated rings. The van der Waals surface area contributed by atoms with Crippen LogP contribution in [0.4, 0.5) is 5.69 Å². The molecule has 0 saturated heterocycles. The van der Waals surface area contributed by atoms with E-state index in [0.29, 0.717) is 33.5 Å². The molecule has 0 bridgehead atoms. The number of aromatic nitrogens is 3. The van der Waals surface area contributed by atoms with Crippen molar-refractivity contribution in [2.24, 2.45) is 0 Å². The quantitative estimate of drug-likeness (QED) is 0.413. The summed E-state index contributed by atoms with van der Waals surface area (Å²) >= 11 is 1.20. The monoisotopic (exact) mass is 458 g/mol. The summed E-state index contributed by atoms with van der Waals surface area (Å²) in [7, 11) is 0.517. The Kier molecular flexibility index (Phi) is 5.61. The van der Waals surface area contributed by atoms with Crippen LogP contribution >= 0.6 is 11.3 Å². The number of hydrogen-bond acceptors (Lipinski definition) is 9. The lowest BCUT2D eigenvalue weighted by atomic mass is 10.3. The Bertz CT molecular complexity index is 1280. The first kappa shape index (κ1) is 20.8. The van der Waals surface area contributed by atoms with Crippen molar-refractivity contribution in [1.29, 1.82) is 0 Å². The zero-order chi connectivity index (χ0) is 22.0. The number of thiophene rings is 1. The summed E-state index contributed by atoms with van der Waals surface area (Å²) in [6.07, 6.45) is 3.24. The Morgan fingerprint density at radius 2 is 1.84 bits per heavy atom. The maximum absolute atomic E-state index is 13.4. The summed E-state index contributed by atoms with van der Waals surface area (Å²) in [4.78, 5) is 8.80. The molecule has 11 heteroatoms. The van der Waals surface area contributed by atoms with Crippen molar-refractivity contribution in [2.45, 2.75) is 4.90 Å². The molecule has 1 aromatic carbocycles. The number of methoxy groups -OCH3 is 2. The van der Waals surface area contributed by atoms with Crippen molar-refractivity contribution in [3.63, 3.8) is 0 Å². The van der Waals surface area contributed by atoms with Gasteiger partial charge in [0.05, 0.1) is 19.9 Å². The predicted molar refractivity (Wildman–Crippen MR) is 116 cm³/mol. The van der Waals surface area contributed by atoms with E-state index in [9.17, 15) is 8.42 Å². The van der Waals surface area contributed by atoms with Gasteiger partial charge in [-0.1, -0.05) is 5.16 Å². The number of pyridine rings is 1. The minimum Gasteiger partial charge on any atom is -0.497 e. The Labute approximate surface area is 182 Å². The van der Waals surface area contributed by atoms with E-state index >= 15 is 0 Å². The molecule has 0 aliphatic rings. The van der Waals surface area contributed by atoms with Crippen LogP contribution in [0.15, 0.2) is 63.6 Å². The maximum atomic E-state index is 13.4. The molecule has 160 valence electrons. The van der Waals surface area contributed by atoms with Gasteiger partial charge in [-0.25, -0.2) is 8.42 Å². The summed E-state index contributed by atoms with van der Waals surface area (Å²) in [5, 5.41) is 5.62. The summed E-state index contributed by atoms with van der Waals surface area (Å²) in [5.41, 5.74) is 1.05. The lowest BCUT2D eigenvalue weighted by molar-refractivity contribution is 0.394. The summed E-state index contributed by atoms with van der Waals surface area (Å²) in [6.45, 7) is 0. The Hall–Kier alpha value is -3.44. The highest BCUT2D eigenvalue weighted by Gasteiger charge is 2.29. The molecule has 9 nitrogen and oxygen atoms in total. The zero-order valence-electron chi connectivity index (χ0n) is 16.8. The molecule has 0 radical (unpaired) electrons. The van der Waals surface area contributed by atoms with Crippen molar-refractivity contribution < 1.29 is 22.4 Å². The number of ether oxygens (including phenoxy) is 2. The number of sulfonamides is 1. The number of hydrogen-bond donors (Lipinski definition) is 0. The van der Waals surface area contributed by atoms with Gasteiger partial charge < -0.3 is 14.0 Å². The van der Waals surface area contributed by atoms with Crippen LogP contribution in [0, 0.1) is 0 Å². The third kappa shape index (κ3) is 3.97. The van der Waals surface area contributed by atoms with Crippen LogP contribution in [0.5, 0.6) is 11.5 Å². The molecule has 31 heavy (non-hydrogen) atoms. The Balaban J connectivity index is 1.72. The van der Waals surface area contributed by atoms with E-state index in [0.717, 1.165) is 4.31 Å². The molecule has 0 aliphatic heterocycles. The van der Waals surface area contributed by atoms with Gasteiger partial charge in [-0.2, -0.15) is 4.98 Å². The standard InChI is InChI=1S/C20H18N4O5S2/c1-24(14-9-15(27-2)11-16(10-14)28-3)31(25,26)17-6-8-30-18(17)20-22-19(23-29-20)13-5-4-7-21-12-13/h4-12H,1-3H3. The van der Waals surface area contributed by atoms with Crippen molar-refractivity contribution in [3.05, 3.63) is 54.2 Å². The lowest BCUT2D eigenvalue weighted by Gasteiger charge is -2.20. The first-order chi connectivity index (χ1) is 14.9. The van der Waals surface area contributed by atoms with Crippen LogP contribution in [-0.2, 0) is 10.0 Å². The van der Waals surface area contributed by atoms with Crippen molar-refractivity contribution in [2.75, 3.05) is 25.6 Å². The number of rotatable bonds is 7. The van der Waals surface area contributed by atoms with Crippen LogP contribution in [0.1, 0.15) is 0 Å². The summed E-state index contributed by atoms with van der Waals surface area (Å²) in [6, 6.07) is 9.94. The van der Waals surface area contributed by atoms with Gasteiger partial charge in [0.1, 0.15) is 21.3 Å². The molecule has 0 spiro atoms. The number of nitrogens with zero attached hydrogens (tertiary/aromatic N) is 4. The molecular formula is C20H18N4O5S2. The van der Waals surface area contributed by atoms with Crippen molar-refractivity contribution >= 4 is 27.0 Å². The highest BCUT2D eigenvalue weighted by atomic mass is 32.2. The molecule has 0 aliphatic carbocycles. The molecular weight excluding hydrogens is 440 g/mol. The van der Waals surface area contributed by atoms with Crippen LogP contribution in [0.3, 0.4) is 0 Å². The second-order valence-electron chi connectivity index (χ2n) is 6.32. The zero-order valence-corrected chi connectivity index (χ0v) is 18.5. The largest absolute Gasteiger partial charge is 0.497 e. The van der Waals surface area contributed by atoms with Gasteiger partial charge >= 0.3 is 0 Å². The second kappa shape index (κ2) is 8.36. The SMILES string of the molecule is COc1cc(OC)cc(N(C)S(=O)(=O)c2ccsc2-c2nc(-c3cccnc3)no2)c1. The topological polar surface area (TPSA) is 108 Å². The molecule has 0 N–H and O–H groups in total. The highest BCUT2D eigenvalue weighted by molar-refractivity contribution is 7.93. The average Bonchev–Trinajstić information content (AvgIpc) is 3.48. The lowest BCUT2D eigenvalue weighted by Crippen LogP contribution is -2.26. The van der Waals surface area contributed by atoms with Crippen LogP contribution < -0.4 is 13.8 Å². The maximum Gasteiger partial charge on any atom is 0.269 e. The van der Waals surface area contributed by atoms with E-state index in [2.05, 4.69) is 15.1 Å². The van der Waals surface area contributed by atoms with E-state index in [1.54, 1.807) is 48.1 Å². The minimum atomic E-state index is -3.94. The first-order valence-electron chi connectivity index (χ1n) is 8.98. The van der Waals surface area contributed by atoms with Crippen molar-refractivity contribution in [3.8, 4) is 33.7 Å². The smallest absolute Gasteiger partial charge is 0.269 e. The van der Waals surface area contributed by atoms with Gasteiger partial charge in [0.2, 0.25) is 5.82 Å².